The number of carbonyl (C=O) groups excluding carboxylic acids is 1. The van der Waals surface area contributed by atoms with Crippen LogP contribution in [-0.2, 0) is 4.79 Å². The predicted octanol–water partition coefficient (Wildman–Crippen LogP) is -0.140. The Morgan fingerprint density at radius 2 is 2.22 bits per heavy atom. The fraction of sp³-hybridized carbons (Fsp3) is 0.833. The Kier molecular flexibility index (Phi) is 4.05. The Labute approximate surface area is 55.6 Å². The normalized spacial score (nSPS) is 13.1. The van der Waals surface area contributed by atoms with E-state index in [0.29, 0.717) is 0 Å². The summed E-state index contributed by atoms with van der Waals surface area (Å²) in [6.07, 6.45) is 0.767. The van der Waals surface area contributed by atoms with Crippen LogP contribution in [0.3, 0.4) is 0 Å². The van der Waals surface area contributed by atoms with Crippen molar-refractivity contribution in [3.63, 3.8) is 0 Å². The second-order valence-electron chi connectivity index (χ2n) is 1.92. The van der Waals surface area contributed by atoms with Crippen LogP contribution in [0.5, 0.6) is 0 Å². The van der Waals surface area contributed by atoms with Crippen molar-refractivity contribution in [3.8, 4) is 0 Å². The summed E-state index contributed by atoms with van der Waals surface area (Å²) in [5.41, 5.74) is 5.03. The first-order valence-corrected chi connectivity index (χ1v) is 3.25. The minimum Gasteiger partial charge on any atom is -0.368 e. The molecule has 0 unspecified atom stereocenters. The average Bonchev–Trinajstić information content (AvgIpc) is 1.82. The number of carbonyl (C=O) groups is 1. The maximum absolute atomic E-state index is 10.5. The van der Waals surface area contributed by atoms with Gasteiger partial charge in [0.2, 0.25) is 5.91 Å². The quantitative estimate of drug-likeness (QED) is 0.556. The van der Waals surface area contributed by atoms with Crippen molar-refractivity contribution in [2.75, 3.05) is 6.54 Å². The maximum atomic E-state index is 10.5. The van der Waals surface area contributed by atoms with Gasteiger partial charge in [0.1, 0.15) is 0 Å². The van der Waals surface area contributed by atoms with E-state index in [4.69, 9.17) is 5.73 Å². The molecule has 0 saturated carbocycles. The molecule has 0 aliphatic rings. The molecule has 0 spiro atoms. The van der Waals surface area contributed by atoms with E-state index in [1.165, 1.54) is 0 Å². The van der Waals surface area contributed by atoms with Gasteiger partial charge in [-0.15, -0.1) is 0 Å². The molecule has 0 aromatic heterocycles. The van der Waals surface area contributed by atoms with Crippen LogP contribution in [0.1, 0.15) is 20.3 Å². The first-order valence-electron chi connectivity index (χ1n) is 3.25. The highest BCUT2D eigenvalue weighted by Gasteiger charge is 2.08. The fourth-order valence-corrected chi connectivity index (χ4v) is 0.693. The zero-order chi connectivity index (χ0) is 7.28. The molecule has 0 aromatic rings. The van der Waals surface area contributed by atoms with E-state index in [-0.39, 0.29) is 11.9 Å². The van der Waals surface area contributed by atoms with Crippen LogP contribution >= 0.6 is 0 Å². The second-order valence-corrected chi connectivity index (χ2v) is 1.92. The lowest BCUT2D eigenvalue weighted by Crippen LogP contribution is -2.40. The van der Waals surface area contributed by atoms with Crippen molar-refractivity contribution in [3.05, 3.63) is 0 Å². The van der Waals surface area contributed by atoms with Gasteiger partial charge in [0.15, 0.2) is 0 Å². The van der Waals surface area contributed by atoms with Gasteiger partial charge in [0.05, 0.1) is 6.04 Å². The SMILES string of the molecule is CCN[C@@H](CC)C(N)=O. The summed E-state index contributed by atoms with van der Waals surface area (Å²) in [6, 6.07) is -0.144. The van der Waals surface area contributed by atoms with Gasteiger partial charge >= 0.3 is 0 Å². The highest BCUT2D eigenvalue weighted by atomic mass is 16.1. The van der Waals surface area contributed by atoms with Crippen LogP contribution in [0.2, 0.25) is 0 Å². The monoisotopic (exact) mass is 130 g/mol. The van der Waals surface area contributed by atoms with Crippen molar-refractivity contribution in [2.45, 2.75) is 26.3 Å². The molecule has 0 rings (SSSR count). The molecule has 0 heterocycles. The van der Waals surface area contributed by atoms with Gasteiger partial charge in [-0.05, 0) is 13.0 Å². The Hall–Kier alpha value is -0.570. The Balaban J connectivity index is 3.54. The number of nitrogens with one attached hydrogen (secondary N) is 1. The maximum Gasteiger partial charge on any atom is 0.234 e. The van der Waals surface area contributed by atoms with Gasteiger partial charge in [-0.1, -0.05) is 13.8 Å². The van der Waals surface area contributed by atoms with Gasteiger partial charge in [-0.3, -0.25) is 4.79 Å². The first kappa shape index (κ1) is 8.43. The predicted molar refractivity (Wildman–Crippen MR) is 37.0 cm³/mol. The van der Waals surface area contributed by atoms with Crippen LogP contribution in [0.4, 0.5) is 0 Å². The summed E-state index contributed by atoms with van der Waals surface area (Å²) in [7, 11) is 0. The lowest BCUT2D eigenvalue weighted by molar-refractivity contribution is -0.120. The van der Waals surface area contributed by atoms with Crippen molar-refractivity contribution in [2.24, 2.45) is 5.73 Å². The summed E-state index contributed by atoms with van der Waals surface area (Å²) >= 11 is 0. The third-order valence-electron chi connectivity index (χ3n) is 1.20. The van der Waals surface area contributed by atoms with Crippen molar-refractivity contribution < 1.29 is 4.79 Å². The molecule has 1 amide bonds. The zero-order valence-electron chi connectivity index (χ0n) is 5.98. The molecule has 3 heteroatoms. The van der Waals surface area contributed by atoms with Crippen LogP contribution in [-0.4, -0.2) is 18.5 Å². The molecule has 0 bridgehead atoms. The first-order chi connectivity index (χ1) is 4.22. The van der Waals surface area contributed by atoms with E-state index >= 15 is 0 Å². The molecule has 0 aromatic carbocycles. The Bertz CT molecular complexity index is 93.1. The number of primary amides is 1. The van der Waals surface area contributed by atoms with Crippen LogP contribution in [0.15, 0.2) is 0 Å². The Morgan fingerprint density at radius 3 is 2.33 bits per heavy atom. The third-order valence-corrected chi connectivity index (χ3v) is 1.20. The van der Waals surface area contributed by atoms with Crippen molar-refractivity contribution in [1.29, 1.82) is 0 Å². The summed E-state index contributed by atoms with van der Waals surface area (Å²) in [4.78, 5) is 10.5. The molecule has 3 nitrogen and oxygen atoms in total. The largest absolute Gasteiger partial charge is 0.368 e. The van der Waals surface area contributed by atoms with E-state index in [1.54, 1.807) is 0 Å². The van der Waals surface area contributed by atoms with Gasteiger partial charge in [0, 0.05) is 0 Å². The van der Waals surface area contributed by atoms with E-state index in [1.807, 2.05) is 13.8 Å². The number of amides is 1. The minimum atomic E-state index is -0.264. The summed E-state index contributed by atoms with van der Waals surface area (Å²) < 4.78 is 0. The van der Waals surface area contributed by atoms with Gasteiger partial charge in [0.25, 0.3) is 0 Å². The van der Waals surface area contributed by atoms with Gasteiger partial charge in [-0.2, -0.15) is 0 Å². The zero-order valence-corrected chi connectivity index (χ0v) is 5.98. The van der Waals surface area contributed by atoms with Crippen LogP contribution in [0.25, 0.3) is 0 Å². The third kappa shape index (κ3) is 3.08. The molecule has 0 aliphatic heterocycles. The van der Waals surface area contributed by atoms with E-state index in [0.717, 1.165) is 13.0 Å². The number of hydrogen-bond donors (Lipinski definition) is 2. The smallest absolute Gasteiger partial charge is 0.234 e. The number of hydrogen-bond acceptors (Lipinski definition) is 2. The van der Waals surface area contributed by atoms with Gasteiger partial charge < -0.3 is 11.1 Å². The number of likely N-dealkylation sites (N-methyl/N-ethyl adjacent to an activating group) is 1. The summed E-state index contributed by atoms with van der Waals surface area (Å²) in [5, 5.41) is 2.96. The second kappa shape index (κ2) is 4.32. The molecule has 0 fully saturated rings. The van der Waals surface area contributed by atoms with Crippen LogP contribution < -0.4 is 11.1 Å². The molecule has 0 aliphatic carbocycles. The minimum absolute atomic E-state index is 0.144. The van der Waals surface area contributed by atoms with Crippen LogP contribution in [0, 0.1) is 0 Å². The van der Waals surface area contributed by atoms with Crippen molar-refractivity contribution in [1.82, 2.24) is 5.32 Å². The molecule has 54 valence electrons. The Morgan fingerprint density at radius 1 is 1.67 bits per heavy atom. The fourth-order valence-electron chi connectivity index (χ4n) is 0.693. The van der Waals surface area contributed by atoms with E-state index in [2.05, 4.69) is 5.32 Å². The lowest BCUT2D eigenvalue weighted by Gasteiger charge is -2.09. The standard InChI is InChI=1S/C6H14N2O/c1-3-5(6(7)9)8-4-2/h5,8H,3-4H2,1-2H3,(H2,7,9)/t5-/m0/s1. The average molecular weight is 130 g/mol. The number of nitrogens with two attached hydrogens (primary N) is 1. The summed E-state index contributed by atoms with van der Waals surface area (Å²) in [6.45, 7) is 4.67. The lowest BCUT2D eigenvalue weighted by atomic mass is 10.2. The molecular formula is C6H14N2O. The van der Waals surface area contributed by atoms with Gasteiger partial charge in [-0.25, -0.2) is 0 Å². The molecule has 0 radical (unpaired) electrons. The molecule has 0 saturated heterocycles. The molecule has 9 heavy (non-hydrogen) atoms. The molecule has 3 N–H and O–H groups in total. The highest BCUT2D eigenvalue weighted by Crippen LogP contribution is 1.86. The molecular weight excluding hydrogens is 116 g/mol. The summed E-state index contributed by atoms with van der Waals surface area (Å²) in [5.74, 6) is -0.264. The molecule has 1 atom stereocenters. The number of rotatable bonds is 4. The topological polar surface area (TPSA) is 55.1 Å². The van der Waals surface area contributed by atoms with Crippen molar-refractivity contribution >= 4 is 5.91 Å². The van der Waals surface area contributed by atoms with E-state index < -0.39 is 0 Å². The van der Waals surface area contributed by atoms with E-state index in [9.17, 15) is 4.79 Å². The highest BCUT2D eigenvalue weighted by molar-refractivity contribution is 5.79.